The van der Waals surface area contributed by atoms with Gasteiger partial charge in [0, 0.05) is 6.54 Å². The van der Waals surface area contributed by atoms with Crippen molar-refractivity contribution in [1.82, 2.24) is 4.72 Å². The van der Waals surface area contributed by atoms with Gasteiger partial charge in [0.15, 0.2) is 0 Å². The Kier molecular flexibility index (Phi) is 3.64. The van der Waals surface area contributed by atoms with Crippen LogP contribution in [-0.2, 0) is 10.0 Å². The normalized spacial score (nSPS) is 15.5. The molecule has 2 rings (SSSR count). The largest absolute Gasteiger partial charge is 0.478 e. The first-order valence-corrected chi connectivity index (χ1v) is 7.64. The third kappa shape index (κ3) is 3.13. The molecule has 104 valence electrons. The third-order valence-corrected chi connectivity index (χ3v) is 4.96. The van der Waals surface area contributed by atoms with E-state index in [9.17, 15) is 13.2 Å². The molecule has 2 N–H and O–H groups in total. The Morgan fingerprint density at radius 1 is 1.37 bits per heavy atom. The van der Waals surface area contributed by atoms with Crippen LogP contribution in [0, 0.1) is 19.8 Å². The minimum Gasteiger partial charge on any atom is -0.478 e. The Labute approximate surface area is 112 Å². The van der Waals surface area contributed by atoms with E-state index in [2.05, 4.69) is 4.72 Å². The van der Waals surface area contributed by atoms with Crippen LogP contribution in [-0.4, -0.2) is 26.0 Å². The van der Waals surface area contributed by atoms with Gasteiger partial charge >= 0.3 is 5.97 Å². The fourth-order valence-corrected chi connectivity index (χ4v) is 3.31. The summed E-state index contributed by atoms with van der Waals surface area (Å²) < 4.78 is 27.0. The number of carboxylic acid groups (broad SMARTS) is 1. The van der Waals surface area contributed by atoms with E-state index in [1.807, 2.05) is 0 Å². The maximum Gasteiger partial charge on any atom is 0.335 e. The molecule has 0 saturated heterocycles. The van der Waals surface area contributed by atoms with Crippen molar-refractivity contribution in [3.8, 4) is 0 Å². The lowest BCUT2D eigenvalue weighted by atomic mass is 10.1. The van der Waals surface area contributed by atoms with Crippen LogP contribution < -0.4 is 4.72 Å². The van der Waals surface area contributed by atoms with Crippen molar-refractivity contribution in [2.45, 2.75) is 31.6 Å². The zero-order valence-electron chi connectivity index (χ0n) is 10.9. The second-order valence-corrected chi connectivity index (χ2v) is 6.75. The average molecular weight is 283 g/mol. The van der Waals surface area contributed by atoms with E-state index in [1.165, 1.54) is 12.1 Å². The topological polar surface area (TPSA) is 83.5 Å². The molecule has 0 amide bonds. The molecular weight excluding hydrogens is 266 g/mol. The number of aryl methyl sites for hydroxylation is 1. The molecule has 0 spiro atoms. The number of hydrogen-bond acceptors (Lipinski definition) is 3. The van der Waals surface area contributed by atoms with Crippen LogP contribution in [0.2, 0.25) is 0 Å². The first kappa shape index (κ1) is 14.0. The van der Waals surface area contributed by atoms with Crippen molar-refractivity contribution in [3.05, 3.63) is 28.8 Å². The zero-order valence-corrected chi connectivity index (χ0v) is 11.8. The quantitative estimate of drug-likeness (QED) is 0.861. The molecule has 1 fully saturated rings. The highest BCUT2D eigenvalue weighted by molar-refractivity contribution is 7.89. The summed E-state index contributed by atoms with van der Waals surface area (Å²) in [6.45, 7) is 3.83. The average Bonchev–Trinajstić information content (AvgIpc) is 3.13. The van der Waals surface area contributed by atoms with Gasteiger partial charge in [0.05, 0.1) is 10.5 Å². The second kappa shape index (κ2) is 4.94. The van der Waals surface area contributed by atoms with E-state index in [-0.39, 0.29) is 10.5 Å². The molecule has 0 atom stereocenters. The van der Waals surface area contributed by atoms with Crippen LogP contribution >= 0.6 is 0 Å². The van der Waals surface area contributed by atoms with Crippen LogP contribution in [0.25, 0.3) is 0 Å². The molecule has 0 radical (unpaired) electrons. The highest BCUT2D eigenvalue weighted by atomic mass is 32.2. The lowest BCUT2D eigenvalue weighted by Crippen LogP contribution is -2.27. The van der Waals surface area contributed by atoms with Crippen LogP contribution in [0.15, 0.2) is 17.0 Å². The highest BCUT2D eigenvalue weighted by Crippen LogP contribution is 2.28. The lowest BCUT2D eigenvalue weighted by Gasteiger charge is -2.12. The maximum absolute atomic E-state index is 12.2. The Bertz CT molecular complexity index is 618. The molecule has 1 saturated carbocycles. The van der Waals surface area contributed by atoms with Gasteiger partial charge in [0.1, 0.15) is 0 Å². The van der Waals surface area contributed by atoms with Gasteiger partial charge in [-0.05, 0) is 55.9 Å². The molecule has 0 aromatic heterocycles. The van der Waals surface area contributed by atoms with Crippen molar-refractivity contribution < 1.29 is 18.3 Å². The van der Waals surface area contributed by atoms with E-state index >= 15 is 0 Å². The van der Waals surface area contributed by atoms with Crippen molar-refractivity contribution >= 4 is 16.0 Å². The van der Waals surface area contributed by atoms with Gasteiger partial charge in [-0.1, -0.05) is 0 Å². The smallest absolute Gasteiger partial charge is 0.335 e. The summed E-state index contributed by atoms with van der Waals surface area (Å²) in [5.74, 6) is -0.694. The Hall–Kier alpha value is -1.40. The van der Waals surface area contributed by atoms with Gasteiger partial charge < -0.3 is 5.11 Å². The summed E-state index contributed by atoms with van der Waals surface area (Å²) in [6.07, 6.45) is 2.10. The summed E-state index contributed by atoms with van der Waals surface area (Å²) in [7, 11) is -3.64. The van der Waals surface area contributed by atoms with E-state index in [0.29, 0.717) is 23.6 Å². The van der Waals surface area contributed by atoms with Crippen LogP contribution in [0.5, 0.6) is 0 Å². The molecule has 5 nitrogen and oxygen atoms in total. The molecule has 1 aliphatic carbocycles. The Balaban J connectivity index is 2.38. The summed E-state index contributed by atoms with van der Waals surface area (Å²) >= 11 is 0. The zero-order chi connectivity index (χ0) is 14.2. The monoisotopic (exact) mass is 283 g/mol. The SMILES string of the molecule is Cc1cc(C(=O)O)cc(S(=O)(=O)NCC2CC2)c1C. The minimum atomic E-state index is -3.64. The number of sulfonamides is 1. The highest BCUT2D eigenvalue weighted by Gasteiger charge is 2.26. The number of rotatable bonds is 5. The Morgan fingerprint density at radius 3 is 2.53 bits per heavy atom. The maximum atomic E-state index is 12.2. The summed E-state index contributed by atoms with van der Waals surface area (Å²) in [5.41, 5.74) is 1.25. The van der Waals surface area contributed by atoms with Crippen LogP contribution in [0.4, 0.5) is 0 Å². The number of benzene rings is 1. The van der Waals surface area contributed by atoms with Gasteiger partial charge in [-0.15, -0.1) is 0 Å². The molecule has 0 heterocycles. The standard InChI is InChI=1S/C13H17NO4S/c1-8-5-11(13(15)16)6-12(9(8)2)19(17,18)14-7-10-3-4-10/h5-6,10,14H,3-4,7H2,1-2H3,(H,15,16). The predicted molar refractivity (Wildman–Crippen MR) is 70.8 cm³/mol. The molecule has 0 bridgehead atoms. The first-order chi connectivity index (χ1) is 8.81. The number of carboxylic acids is 1. The number of aromatic carboxylic acids is 1. The molecule has 0 unspecified atom stereocenters. The van der Waals surface area contributed by atoms with Gasteiger partial charge in [0.2, 0.25) is 10.0 Å². The van der Waals surface area contributed by atoms with Crippen LogP contribution in [0.1, 0.15) is 34.3 Å². The molecule has 1 aromatic carbocycles. The lowest BCUT2D eigenvalue weighted by molar-refractivity contribution is 0.0696. The third-order valence-electron chi connectivity index (χ3n) is 3.42. The second-order valence-electron chi connectivity index (χ2n) is 5.02. The molecule has 1 aromatic rings. The first-order valence-electron chi connectivity index (χ1n) is 6.15. The van der Waals surface area contributed by atoms with Crippen LogP contribution in [0.3, 0.4) is 0 Å². The fraction of sp³-hybridized carbons (Fsp3) is 0.462. The summed E-state index contributed by atoms with van der Waals surface area (Å²) in [4.78, 5) is 11.1. The van der Waals surface area contributed by atoms with Crippen molar-refractivity contribution in [1.29, 1.82) is 0 Å². The van der Waals surface area contributed by atoms with Gasteiger partial charge in [-0.2, -0.15) is 0 Å². The van der Waals surface area contributed by atoms with E-state index in [1.54, 1.807) is 13.8 Å². The van der Waals surface area contributed by atoms with Gasteiger partial charge in [-0.3, -0.25) is 0 Å². The number of carbonyl (C=O) groups is 1. The predicted octanol–water partition coefficient (Wildman–Crippen LogP) is 1.69. The fourth-order valence-electron chi connectivity index (χ4n) is 1.86. The van der Waals surface area contributed by atoms with Gasteiger partial charge in [-0.25, -0.2) is 17.9 Å². The van der Waals surface area contributed by atoms with Gasteiger partial charge in [0.25, 0.3) is 0 Å². The molecule has 6 heteroatoms. The van der Waals surface area contributed by atoms with E-state index < -0.39 is 16.0 Å². The van der Waals surface area contributed by atoms with E-state index in [0.717, 1.165) is 12.8 Å². The molecule has 0 aliphatic heterocycles. The number of nitrogens with one attached hydrogen (secondary N) is 1. The molecule has 19 heavy (non-hydrogen) atoms. The number of hydrogen-bond donors (Lipinski definition) is 2. The summed E-state index contributed by atoms with van der Waals surface area (Å²) in [6, 6.07) is 2.71. The molecule has 1 aliphatic rings. The van der Waals surface area contributed by atoms with Crippen molar-refractivity contribution in [3.63, 3.8) is 0 Å². The minimum absolute atomic E-state index is 0.00473. The molecular formula is C13H17NO4S. The Morgan fingerprint density at radius 2 is 2.00 bits per heavy atom. The van der Waals surface area contributed by atoms with Crippen molar-refractivity contribution in [2.24, 2.45) is 5.92 Å². The van der Waals surface area contributed by atoms with Crippen molar-refractivity contribution in [2.75, 3.05) is 6.54 Å². The summed E-state index contributed by atoms with van der Waals surface area (Å²) in [5, 5.41) is 9.00. The van der Waals surface area contributed by atoms with E-state index in [4.69, 9.17) is 5.11 Å².